The van der Waals surface area contributed by atoms with E-state index in [4.69, 9.17) is 14.8 Å². The molecule has 0 aromatic rings. The molecule has 1 aliphatic rings. The first-order valence-electron chi connectivity index (χ1n) is 6.00. The highest BCUT2D eigenvalue weighted by Gasteiger charge is 2.23. The molecule has 0 amide bonds. The lowest BCUT2D eigenvalue weighted by molar-refractivity contribution is -0.0370. The molecule has 0 unspecified atom stereocenters. The summed E-state index contributed by atoms with van der Waals surface area (Å²) in [5.74, 6) is 0.396. The molecule has 0 aromatic carbocycles. The Balaban J connectivity index is 2.38. The van der Waals surface area contributed by atoms with E-state index in [1.54, 1.807) is 0 Å². The van der Waals surface area contributed by atoms with Gasteiger partial charge in [-0.3, -0.25) is 4.90 Å². The van der Waals surface area contributed by atoms with E-state index in [1.807, 2.05) is 6.92 Å². The monoisotopic (exact) mass is 239 g/mol. The molecule has 5 nitrogen and oxygen atoms in total. The van der Waals surface area contributed by atoms with E-state index >= 15 is 0 Å². The van der Waals surface area contributed by atoms with Crippen molar-refractivity contribution in [3.63, 3.8) is 0 Å². The number of hydrogen-bond acceptors (Lipinski definition) is 5. The van der Waals surface area contributed by atoms with Crippen LogP contribution in [-0.2, 0) is 9.57 Å². The van der Waals surface area contributed by atoms with Gasteiger partial charge in [0, 0.05) is 6.54 Å². The van der Waals surface area contributed by atoms with Crippen molar-refractivity contribution in [2.45, 2.75) is 26.8 Å². The summed E-state index contributed by atoms with van der Waals surface area (Å²) in [4.78, 5) is 7.40. The van der Waals surface area contributed by atoms with Crippen LogP contribution < -0.4 is 0 Å². The molecule has 17 heavy (non-hydrogen) atoms. The van der Waals surface area contributed by atoms with Crippen LogP contribution in [0.25, 0.3) is 0 Å². The quantitative estimate of drug-likeness (QED) is 0.412. The third kappa shape index (κ3) is 4.72. The van der Waals surface area contributed by atoms with E-state index in [0.717, 1.165) is 12.3 Å². The topological polar surface area (TPSA) is 57.9 Å². The lowest BCUT2D eigenvalue weighted by Gasteiger charge is -2.32. The summed E-state index contributed by atoms with van der Waals surface area (Å²) in [5.41, 5.74) is 0.980. The zero-order valence-electron chi connectivity index (χ0n) is 10.8. The molecule has 1 saturated heterocycles. The van der Waals surface area contributed by atoms with Crippen molar-refractivity contribution in [1.82, 2.24) is 4.90 Å². The van der Waals surface area contributed by atoms with Gasteiger partial charge in [-0.25, -0.2) is 0 Å². The summed E-state index contributed by atoms with van der Waals surface area (Å²) in [6.07, 6.45) is 0. The van der Waals surface area contributed by atoms with Crippen molar-refractivity contribution in [3.05, 3.63) is 0 Å². The molecule has 1 fully saturated rings. The van der Waals surface area contributed by atoms with Gasteiger partial charge in [0.1, 0.15) is 6.61 Å². The first kappa shape index (κ1) is 13.9. The maximum atomic E-state index is 8.72. The van der Waals surface area contributed by atoms with Crippen LogP contribution in [0.15, 0.2) is 5.16 Å². The minimum Gasteiger partial charge on any atom is -0.394 e. The van der Waals surface area contributed by atoms with Gasteiger partial charge in [-0.05, 0) is 12.8 Å². The average molecular weight is 239 g/mol. The smallest absolute Gasteiger partial charge is 0.134 e. The Morgan fingerprint density at radius 2 is 2.41 bits per heavy atom. The summed E-state index contributed by atoms with van der Waals surface area (Å²) < 4.78 is 5.38. The Labute approximate surface area is 103 Å². The van der Waals surface area contributed by atoms with Crippen LogP contribution in [0.3, 0.4) is 0 Å². The number of hydrogen-bond donors (Lipinski definition) is 0. The van der Waals surface area contributed by atoms with Gasteiger partial charge in [0.2, 0.25) is 0 Å². The van der Waals surface area contributed by atoms with Crippen molar-refractivity contribution in [1.29, 1.82) is 5.26 Å². The predicted molar refractivity (Wildman–Crippen MR) is 65.7 cm³/mol. The van der Waals surface area contributed by atoms with Gasteiger partial charge < -0.3 is 9.57 Å². The molecule has 1 rings (SSSR count). The fourth-order valence-electron chi connectivity index (χ4n) is 1.47. The van der Waals surface area contributed by atoms with Gasteiger partial charge in [-0.1, -0.05) is 19.0 Å². The van der Waals surface area contributed by atoms with Crippen LogP contribution in [0.5, 0.6) is 0 Å². The number of rotatable bonds is 5. The fourth-order valence-corrected chi connectivity index (χ4v) is 1.47. The molecule has 1 heterocycles. The van der Waals surface area contributed by atoms with Crippen molar-refractivity contribution in [2.75, 3.05) is 32.9 Å². The minimum atomic E-state index is 0.132. The second kappa shape index (κ2) is 7.25. The van der Waals surface area contributed by atoms with E-state index in [0.29, 0.717) is 32.3 Å². The molecule has 0 aliphatic carbocycles. The first-order chi connectivity index (χ1) is 8.15. The molecule has 0 N–H and O–H groups in total. The fraction of sp³-hybridized carbons (Fsp3) is 0.833. The van der Waals surface area contributed by atoms with Crippen LogP contribution in [-0.4, -0.2) is 49.6 Å². The predicted octanol–water partition coefficient (Wildman–Crippen LogP) is 1.26. The molecule has 96 valence electrons. The first-order valence-corrected chi connectivity index (χ1v) is 6.00. The van der Waals surface area contributed by atoms with Crippen molar-refractivity contribution in [3.8, 4) is 6.07 Å². The molecule has 0 radical (unpaired) electrons. The third-order valence-electron chi connectivity index (χ3n) is 2.93. The molecule has 5 heteroatoms. The largest absolute Gasteiger partial charge is 0.394 e. The summed E-state index contributed by atoms with van der Waals surface area (Å²) >= 11 is 0. The summed E-state index contributed by atoms with van der Waals surface area (Å²) in [5, 5.41) is 12.8. The summed E-state index contributed by atoms with van der Waals surface area (Å²) in [6, 6.07) is 2.30. The van der Waals surface area contributed by atoms with Crippen LogP contribution >= 0.6 is 0 Å². The Morgan fingerprint density at radius 1 is 1.65 bits per heavy atom. The van der Waals surface area contributed by atoms with E-state index in [2.05, 4.69) is 30.0 Å². The molecule has 0 spiro atoms. The molecule has 0 aromatic heterocycles. The maximum Gasteiger partial charge on any atom is 0.134 e. The summed E-state index contributed by atoms with van der Waals surface area (Å²) in [6.45, 7) is 9.09. The minimum absolute atomic E-state index is 0.132. The van der Waals surface area contributed by atoms with Gasteiger partial charge in [-0.15, -0.1) is 0 Å². The highest BCUT2D eigenvalue weighted by Crippen LogP contribution is 2.07. The Hall–Kier alpha value is -1.12. The normalized spacial score (nSPS) is 22.5. The highest BCUT2D eigenvalue weighted by atomic mass is 16.6. The van der Waals surface area contributed by atoms with Crippen LogP contribution in [0, 0.1) is 17.2 Å². The van der Waals surface area contributed by atoms with E-state index in [9.17, 15) is 0 Å². The lowest BCUT2D eigenvalue weighted by atomic mass is 10.1. The molecular formula is C12H21N3O2. The summed E-state index contributed by atoms with van der Waals surface area (Å²) in [7, 11) is 0. The number of oxime groups is 1. The SMILES string of the molecule is C/C(=N\OC[C@@H]1COCCN1CC#N)C(C)C. The number of ether oxygens (including phenoxy) is 1. The Bertz CT molecular complexity index is 297. The van der Waals surface area contributed by atoms with E-state index in [1.165, 1.54) is 0 Å². The molecule has 0 bridgehead atoms. The zero-order valence-corrected chi connectivity index (χ0v) is 10.8. The zero-order chi connectivity index (χ0) is 12.7. The van der Waals surface area contributed by atoms with Crippen molar-refractivity contribution >= 4 is 5.71 Å². The van der Waals surface area contributed by atoms with E-state index < -0.39 is 0 Å². The molecule has 1 aliphatic heterocycles. The number of nitriles is 1. The van der Waals surface area contributed by atoms with Crippen LogP contribution in [0.2, 0.25) is 0 Å². The van der Waals surface area contributed by atoms with Gasteiger partial charge in [0.15, 0.2) is 0 Å². The Kier molecular flexibility index (Phi) is 5.95. The molecular weight excluding hydrogens is 218 g/mol. The maximum absolute atomic E-state index is 8.72. The van der Waals surface area contributed by atoms with Gasteiger partial charge in [-0.2, -0.15) is 5.26 Å². The van der Waals surface area contributed by atoms with Crippen molar-refractivity contribution in [2.24, 2.45) is 11.1 Å². The van der Waals surface area contributed by atoms with Crippen molar-refractivity contribution < 1.29 is 9.57 Å². The molecule has 0 saturated carbocycles. The van der Waals surface area contributed by atoms with Gasteiger partial charge >= 0.3 is 0 Å². The van der Waals surface area contributed by atoms with E-state index in [-0.39, 0.29) is 6.04 Å². The second-order valence-corrected chi connectivity index (χ2v) is 4.54. The lowest BCUT2D eigenvalue weighted by Crippen LogP contribution is -2.47. The standard InChI is InChI=1S/C12H21N3O2/c1-10(2)11(3)14-17-9-12-8-16-7-6-15(12)5-4-13/h10,12H,5-9H2,1-3H3/b14-11+/t12-/m0/s1. The van der Waals surface area contributed by atoms with Crippen LogP contribution in [0.1, 0.15) is 20.8 Å². The van der Waals surface area contributed by atoms with Gasteiger partial charge in [0.25, 0.3) is 0 Å². The van der Waals surface area contributed by atoms with Crippen LogP contribution in [0.4, 0.5) is 0 Å². The highest BCUT2D eigenvalue weighted by molar-refractivity contribution is 5.83. The number of nitrogens with zero attached hydrogens (tertiary/aromatic N) is 3. The van der Waals surface area contributed by atoms with Gasteiger partial charge in [0.05, 0.1) is 37.6 Å². The Morgan fingerprint density at radius 3 is 3.06 bits per heavy atom. The third-order valence-corrected chi connectivity index (χ3v) is 2.93. The molecule has 1 atom stereocenters. The number of morpholine rings is 1. The second-order valence-electron chi connectivity index (χ2n) is 4.54. The average Bonchev–Trinajstić information content (AvgIpc) is 2.31.